The predicted molar refractivity (Wildman–Crippen MR) is 130 cm³/mol. The molecule has 0 aliphatic heterocycles. The second-order valence-corrected chi connectivity index (χ2v) is 8.22. The third-order valence-electron chi connectivity index (χ3n) is 4.30. The molecular formula is C23H22ClIN2O3. The molecule has 1 amide bonds. The molecule has 0 fully saturated rings. The molecule has 3 aromatic rings. The maximum atomic E-state index is 12.3. The highest BCUT2D eigenvalue weighted by Gasteiger charge is 2.14. The number of aryl methyl sites for hydroxylation is 1. The lowest BCUT2D eigenvalue weighted by molar-refractivity contribution is -0.118. The van der Waals surface area contributed by atoms with Crippen LogP contribution in [-0.4, -0.2) is 19.6 Å². The molecule has 0 bridgehead atoms. The zero-order valence-electron chi connectivity index (χ0n) is 16.7. The van der Waals surface area contributed by atoms with E-state index in [2.05, 4.69) is 33.2 Å². The molecule has 3 rings (SSSR count). The lowest BCUT2D eigenvalue weighted by atomic mass is 10.2. The second-order valence-electron chi connectivity index (χ2n) is 6.65. The summed E-state index contributed by atoms with van der Waals surface area (Å²) in [5, 5.41) is 6.81. The molecule has 0 aliphatic carbocycles. The van der Waals surface area contributed by atoms with Crippen LogP contribution in [0.25, 0.3) is 0 Å². The summed E-state index contributed by atoms with van der Waals surface area (Å²) < 4.78 is 12.1. The van der Waals surface area contributed by atoms with Crippen LogP contribution in [0, 0.1) is 10.5 Å². The van der Waals surface area contributed by atoms with Gasteiger partial charge in [0.15, 0.2) is 18.1 Å². The van der Waals surface area contributed by atoms with E-state index in [0.29, 0.717) is 23.1 Å². The molecule has 0 heterocycles. The van der Waals surface area contributed by atoms with Crippen molar-refractivity contribution in [2.45, 2.75) is 13.5 Å². The number of nitrogens with one attached hydrogen (secondary N) is 2. The van der Waals surface area contributed by atoms with Crippen molar-refractivity contribution in [1.29, 1.82) is 0 Å². The number of benzene rings is 3. The largest absolute Gasteiger partial charge is 0.493 e. The van der Waals surface area contributed by atoms with Gasteiger partial charge >= 0.3 is 0 Å². The maximum Gasteiger partial charge on any atom is 0.262 e. The Morgan fingerprint density at radius 3 is 2.63 bits per heavy atom. The summed E-state index contributed by atoms with van der Waals surface area (Å²) in [5.41, 5.74) is 3.69. The fourth-order valence-corrected chi connectivity index (χ4v) is 3.90. The minimum absolute atomic E-state index is 0.114. The number of rotatable bonds is 8. The smallest absolute Gasteiger partial charge is 0.262 e. The van der Waals surface area contributed by atoms with Crippen molar-refractivity contribution in [1.82, 2.24) is 0 Å². The first kappa shape index (κ1) is 22.2. The molecule has 0 spiro atoms. The molecule has 0 aromatic heterocycles. The lowest BCUT2D eigenvalue weighted by Crippen LogP contribution is -2.20. The molecule has 0 aliphatic rings. The number of carbonyl (C=O) groups is 1. The number of ether oxygens (including phenoxy) is 2. The highest BCUT2D eigenvalue weighted by atomic mass is 127. The SMILES string of the molecule is COc1cc(CNc2ccccc2Cl)cc(I)c1OCC(=O)Nc1cccc(C)c1. The summed E-state index contributed by atoms with van der Waals surface area (Å²) >= 11 is 8.38. The number of hydrogen-bond acceptors (Lipinski definition) is 4. The first-order valence-electron chi connectivity index (χ1n) is 9.30. The van der Waals surface area contributed by atoms with Crippen molar-refractivity contribution in [2.24, 2.45) is 0 Å². The van der Waals surface area contributed by atoms with Gasteiger partial charge in [0.1, 0.15) is 0 Å². The van der Waals surface area contributed by atoms with E-state index in [0.717, 1.165) is 26.1 Å². The van der Waals surface area contributed by atoms with Crippen molar-refractivity contribution in [3.8, 4) is 11.5 Å². The van der Waals surface area contributed by atoms with Gasteiger partial charge < -0.3 is 20.1 Å². The molecule has 0 unspecified atom stereocenters. The highest BCUT2D eigenvalue weighted by Crippen LogP contribution is 2.34. The van der Waals surface area contributed by atoms with Crippen molar-refractivity contribution >= 4 is 51.5 Å². The summed E-state index contributed by atoms with van der Waals surface area (Å²) in [6.07, 6.45) is 0. The minimum atomic E-state index is -0.233. The van der Waals surface area contributed by atoms with Crippen LogP contribution in [0.2, 0.25) is 5.02 Å². The molecule has 30 heavy (non-hydrogen) atoms. The van der Waals surface area contributed by atoms with Gasteiger partial charge in [-0.15, -0.1) is 0 Å². The summed E-state index contributed by atoms with van der Waals surface area (Å²) in [6.45, 7) is 2.43. The Bertz CT molecular complexity index is 1040. The Hall–Kier alpha value is -2.45. The van der Waals surface area contributed by atoms with Gasteiger partial charge in [-0.2, -0.15) is 0 Å². The van der Waals surface area contributed by atoms with Gasteiger partial charge in [0.05, 0.1) is 21.4 Å². The van der Waals surface area contributed by atoms with Gasteiger partial charge in [0.25, 0.3) is 5.91 Å². The standard InChI is InChI=1S/C23H22ClIN2O3/c1-15-6-5-7-17(10-15)27-22(28)14-30-23-19(25)11-16(12-21(23)29-2)13-26-20-9-4-3-8-18(20)24/h3-12,26H,13-14H2,1-2H3,(H,27,28). The van der Waals surface area contributed by atoms with E-state index in [4.69, 9.17) is 21.1 Å². The van der Waals surface area contributed by atoms with Crippen LogP contribution in [0.1, 0.15) is 11.1 Å². The van der Waals surface area contributed by atoms with Crippen LogP contribution in [-0.2, 0) is 11.3 Å². The topological polar surface area (TPSA) is 59.6 Å². The zero-order chi connectivity index (χ0) is 21.5. The number of carbonyl (C=O) groups excluding carboxylic acids is 1. The summed E-state index contributed by atoms with van der Waals surface area (Å²) in [6, 6.07) is 19.1. The van der Waals surface area contributed by atoms with Crippen molar-refractivity contribution in [3.05, 3.63) is 80.4 Å². The molecule has 156 valence electrons. The number of para-hydroxylation sites is 1. The van der Waals surface area contributed by atoms with Crippen molar-refractivity contribution in [3.63, 3.8) is 0 Å². The van der Waals surface area contributed by atoms with Crippen molar-refractivity contribution < 1.29 is 14.3 Å². The molecule has 5 nitrogen and oxygen atoms in total. The average Bonchev–Trinajstić information content (AvgIpc) is 2.72. The lowest BCUT2D eigenvalue weighted by Gasteiger charge is -2.15. The fourth-order valence-electron chi connectivity index (χ4n) is 2.87. The molecule has 0 radical (unpaired) electrons. The molecule has 0 saturated heterocycles. The van der Waals surface area contributed by atoms with Gasteiger partial charge in [-0.25, -0.2) is 0 Å². The van der Waals surface area contributed by atoms with E-state index in [1.54, 1.807) is 7.11 Å². The monoisotopic (exact) mass is 536 g/mol. The quantitative estimate of drug-likeness (QED) is 0.353. The van der Waals surface area contributed by atoms with E-state index in [9.17, 15) is 4.79 Å². The van der Waals surface area contributed by atoms with Crippen LogP contribution in [0.15, 0.2) is 60.7 Å². The van der Waals surface area contributed by atoms with Gasteiger partial charge in [-0.3, -0.25) is 4.79 Å². The first-order valence-corrected chi connectivity index (χ1v) is 10.8. The molecule has 7 heteroatoms. The molecular weight excluding hydrogens is 515 g/mol. The van der Waals surface area contributed by atoms with Crippen LogP contribution in [0.3, 0.4) is 0 Å². The fraction of sp³-hybridized carbons (Fsp3) is 0.174. The van der Waals surface area contributed by atoms with Crippen molar-refractivity contribution in [2.75, 3.05) is 24.4 Å². The zero-order valence-corrected chi connectivity index (χ0v) is 19.6. The number of anilines is 2. The van der Waals surface area contributed by atoms with Crippen LogP contribution in [0.4, 0.5) is 11.4 Å². The number of amides is 1. The van der Waals surface area contributed by atoms with Gasteiger partial charge in [-0.1, -0.05) is 35.9 Å². The number of methoxy groups -OCH3 is 1. The molecule has 2 N–H and O–H groups in total. The van der Waals surface area contributed by atoms with Gasteiger partial charge in [0, 0.05) is 12.2 Å². The Balaban J connectivity index is 1.65. The normalized spacial score (nSPS) is 10.4. The summed E-state index contributed by atoms with van der Waals surface area (Å²) in [5.74, 6) is 0.878. The Kier molecular flexibility index (Phi) is 7.81. The average molecular weight is 537 g/mol. The Morgan fingerprint density at radius 1 is 1.10 bits per heavy atom. The summed E-state index contributed by atoms with van der Waals surface area (Å²) in [4.78, 5) is 12.3. The molecule has 3 aromatic carbocycles. The van der Waals surface area contributed by atoms with Crippen LogP contribution >= 0.6 is 34.2 Å². The van der Waals surface area contributed by atoms with Crippen LogP contribution in [0.5, 0.6) is 11.5 Å². The van der Waals surface area contributed by atoms with Crippen LogP contribution < -0.4 is 20.1 Å². The number of hydrogen-bond donors (Lipinski definition) is 2. The van der Waals surface area contributed by atoms with E-state index < -0.39 is 0 Å². The van der Waals surface area contributed by atoms with Gasteiger partial charge in [0.2, 0.25) is 0 Å². The number of halogens is 2. The maximum absolute atomic E-state index is 12.3. The minimum Gasteiger partial charge on any atom is -0.493 e. The van der Waals surface area contributed by atoms with E-state index in [-0.39, 0.29) is 12.5 Å². The van der Waals surface area contributed by atoms with E-state index in [1.807, 2.05) is 67.6 Å². The Labute approximate surface area is 194 Å². The predicted octanol–water partition coefficient (Wildman–Crippen LogP) is 5.89. The third kappa shape index (κ3) is 6.03. The van der Waals surface area contributed by atoms with E-state index >= 15 is 0 Å². The second kappa shape index (κ2) is 10.5. The van der Waals surface area contributed by atoms with Gasteiger partial charge in [-0.05, 0) is 77.0 Å². The molecule has 0 saturated carbocycles. The highest BCUT2D eigenvalue weighted by molar-refractivity contribution is 14.1. The van der Waals surface area contributed by atoms with E-state index in [1.165, 1.54) is 0 Å². The molecule has 0 atom stereocenters. The third-order valence-corrected chi connectivity index (χ3v) is 5.43. The summed E-state index contributed by atoms with van der Waals surface area (Å²) in [7, 11) is 1.58. The first-order chi connectivity index (χ1) is 14.5. The Morgan fingerprint density at radius 2 is 1.90 bits per heavy atom.